The minimum atomic E-state index is -0.689. The Balaban J connectivity index is 2.63. The van der Waals surface area contributed by atoms with Gasteiger partial charge in [0, 0.05) is 11.1 Å². The van der Waals surface area contributed by atoms with E-state index in [4.69, 9.17) is 16.9 Å². The van der Waals surface area contributed by atoms with Crippen LogP contribution in [0, 0.1) is 5.41 Å². The van der Waals surface area contributed by atoms with Crippen molar-refractivity contribution in [2.45, 2.75) is 0 Å². The van der Waals surface area contributed by atoms with Crippen molar-refractivity contribution >= 4 is 17.6 Å². The van der Waals surface area contributed by atoms with Crippen LogP contribution < -0.4 is 16.8 Å². The number of carbonyl (C=O) groups excluding carboxylic acids is 1. The van der Waals surface area contributed by atoms with Gasteiger partial charge in [0.1, 0.15) is 5.84 Å². The molecule has 0 atom stereocenters. The van der Waals surface area contributed by atoms with Gasteiger partial charge in [-0.3, -0.25) is 5.41 Å². The molecule has 0 saturated carbocycles. The second kappa shape index (κ2) is 5.22. The van der Waals surface area contributed by atoms with E-state index >= 15 is 0 Å². The summed E-state index contributed by atoms with van der Waals surface area (Å²) in [5.74, 6) is -0.124. The number of anilines is 1. The molecular formula is C14H14N4O. The van der Waals surface area contributed by atoms with Crippen molar-refractivity contribution < 1.29 is 4.79 Å². The lowest BCUT2D eigenvalue weighted by Crippen LogP contribution is -2.23. The zero-order valence-corrected chi connectivity index (χ0v) is 10.2. The number of urea groups is 1. The second-order valence-corrected chi connectivity index (χ2v) is 4.00. The lowest BCUT2D eigenvalue weighted by atomic mass is 9.99. The van der Waals surface area contributed by atoms with E-state index in [-0.39, 0.29) is 5.84 Å². The predicted octanol–water partition coefficient (Wildman–Crippen LogP) is 2.13. The monoisotopic (exact) mass is 254 g/mol. The van der Waals surface area contributed by atoms with E-state index in [0.29, 0.717) is 11.3 Å². The third-order valence-corrected chi connectivity index (χ3v) is 2.69. The lowest BCUT2D eigenvalue weighted by molar-refractivity contribution is 0.259. The molecule has 0 bridgehead atoms. The smallest absolute Gasteiger partial charge is 0.316 e. The summed E-state index contributed by atoms with van der Waals surface area (Å²) in [4.78, 5) is 11.1. The van der Waals surface area contributed by atoms with Gasteiger partial charge in [0.05, 0.1) is 5.69 Å². The number of rotatable bonds is 3. The Hall–Kier alpha value is -2.82. The van der Waals surface area contributed by atoms with Crippen molar-refractivity contribution in [2.24, 2.45) is 11.5 Å². The highest BCUT2D eigenvalue weighted by molar-refractivity contribution is 6.07. The Labute approximate surface area is 110 Å². The molecule has 2 aromatic rings. The van der Waals surface area contributed by atoms with Crippen LogP contribution in [0.5, 0.6) is 0 Å². The van der Waals surface area contributed by atoms with Crippen molar-refractivity contribution in [1.82, 2.24) is 0 Å². The van der Waals surface area contributed by atoms with Gasteiger partial charge in [0.2, 0.25) is 0 Å². The first kappa shape index (κ1) is 12.6. The Morgan fingerprint density at radius 1 is 1.00 bits per heavy atom. The number of primary amides is 1. The highest BCUT2D eigenvalue weighted by Crippen LogP contribution is 2.30. The third kappa shape index (κ3) is 2.71. The minimum Gasteiger partial charge on any atom is -0.384 e. The van der Waals surface area contributed by atoms with Gasteiger partial charge in [-0.15, -0.1) is 0 Å². The number of nitrogens with one attached hydrogen (secondary N) is 2. The number of carbonyl (C=O) groups is 1. The summed E-state index contributed by atoms with van der Waals surface area (Å²) >= 11 is 0. The maximum absolute atomic E-state index is 11.1. The summed E-state index contributed by atoms with van der Waals surface area (Å²) in [6.45, 7) is 0. The number of benzene rings is 2. The van der Waals surface area contributed by atoms with Crippen LogP contribution in [0.4, 0.5) is 10.5 Å². The molecule has 5 heteroatoms. The molecule has 19 heavy (non-hydrogen) atoms. The van der Waals surface area contributed by atoms with Gasteiger partial charge in [-0.25, -0.2) is 4.79 Å². The summed E-state index contributed by atoms with van der Waals surface area (Å²) in [5.41, 5.74) is 13.3. The molecule has 0 unspecified atom stereocenters. The Morgan fingerprint density at radius 2 is 1.68 bits per heavy atom. The Morgan fingerprint density at radius 3 is 2.26 bits per heavy atom. The fraction of sp³-hybridized carbons (Fsp3) is 0. The third-order valence-electron chi connectivity index (χ3n) is 2.69. The minimum absolute atomic E-state index is 0.124. The summed E-state index contributed by atoms with van der Waals surface area (Å²) in [6.07, 6.45) is 0. The van der Waals surface area contributed by atoms with Crippen LogP contribution in [0.15, 0.2) is 48.5 Å². The summed E-state index contributed by atoms with van der Waals surface area (Å²) in [5, 5.41) is 10.1. The van der Waals surface area contributed by atoms with E-state index in [1.54, 1.807) is 12.1 Å². The molecule has 0 radical (unpaired) electrons. The van der Waals surface area contributed by atoms with Gasteiger partial charge in [-0.2, -0.15) is 0 Å². The van der Waals surface area contributed by atoms with Crippen molar-refractivity contribution in [3.8, 4) is 11.1 Å². The summed E-state index contributed by atoms with van der Waals surface area (Å²) < 4.78 is 0. The molecule has 0 saturated heterocycles. The SMILES string of the molecule is N=C(N)c1cccc(-c2ccccc2)c1NC(N)=O. The van der Waals surface area contributed by atoms with Crippen molar-refractivity contribution in [1.29, 1.82) is 5.41 Å². The molecule has 96 valence electrons. The van der Waals surface area contributed by atoms with Crippen LogP contribution in [0.25, 0.3) is 11.1 Å². The fourth-order valence-electron chi connectivity index (χ4n) is 1.89. The van der Waals surface area contributed by atoms with Crippen molar-refractivity contribution in [3.05, 3.63) is 54.1 Å². The summed E-state index contributed by atoms with van der Waals surface area (Å²) in [7, 11) is 0. The van der Waals surface area contributed by atoms with Gasteiger partial charge in [-0.05, 0) is 11.6 Å². The molecule has 5 nitrogen and oxygen atoms in total. The van der Waals surface area contributed by atoms with Crippen molar-refractivity contribution in [3.63, 3.8) is 0 Å². The number of amidine groups is 1. The standard InChI is InChI=1S/C14H14N4O/c15-13(16)11-8-4-7-10(12(11)18-14(17)19)9-5-2-1-3-6-9/h1-8H,(H3,15,16)(H3,17,18,19). The predicted molar refractivity (Wildman–Crippen MR) is 76.1 cm³/mol. The molecule has 2 aromatic carbocycles. The van der Waals surface area contributed by atoms with Crippen molar-refractivity contribution in [2.75, 3.05) is 5.32 Å². The quantitative estimate of drug-likeness (QED) is 0.497. The maximum atomic E-state index is 11.1. The highest BCUT2D eigenvalue weighted by atomic mass is 16.2. The summed E-state index contributed by atoms with van der Waals surface area (Å²) in [6, 6.07) is 14.1. The van der Waals surface area contributed by atoms with Gasteiger partial charge < -0.3 is 16.8 Å². The number of amides is 2. The molecule has 0 aliphatic heterocycles. The largest absolute Gasteiger partial charge is 0.384 e. The molecular weight excluding hydrogens is 240 g/mol. The van der Waals surface area contributed by atoms with Crippen LogP contribution in [0.2, 0.25) is 0 Å². The van der Waals surface area contributed by atoms with Gasteiger partial charge in [-0.1, -0.05) is 42.5 Å². The molecule has 6 N–H and O–H groups in total. The molecule has 0 aromatic heterocycles. The fourth-order valence-corrected chi connectivity index (χ4v) is 1.89. The van der Waals surface area contributed by atoms with Gasteiger partial charge >= 0.3 is 6.03 Å². The van der Waals surface area contributed by atoms with E-state index in [2.05, 4.69) is 5.32 Å². The molecule has 0 spiro atoms. The number of nitrogen functional groups attached to an aromatic ring is 1. The van der Waals surface area contributed by atoms with Crippen LogP contribution in [-0.4, -0.2) is 11.9 Å². The molecule has 0 fully saturated rings. The number of para-hydroxylation sites is 1. The molecule has 0 aliphatic rings. The molecule has 0 heterocycles. The average molecular weight is 254 g/mol. The second-order valence-electron chi connectivity index (χ2n) is 4.00. The Kier molecular flexibility index (Phi) is 3.47. The van der Waals surface area contributed by atoms with Gasteiger partial charge in [0.15, 0.2) is 0 Å². The topological polar surface area (TPSA) is 105 Å². The first-order valence-electron chi connectivity index (χ1n) is 5.69. The van der Waals surface area contributed by atoms with Crippen LogP contribution >= 0.6 is 0 Å². The van der Waals surface area contributed by atoms with Crippen LogP contribution in [0.1, 0.15) is 5.56 Å². The van der Waals surface area contributed by atoms with E-state index < -0.39 is 6.03 Å². The average Bonchev–Trinajstić information content (AvgIpc) is 2.39. The zero-order valence-electron chi connectivity index (χ0n) is 10.2. The molecule has 2 amide bonds. The normalized spacial score (nSPS) is 9.89. The van der Waals surface area contributed by atoms with E-state index in [9.17, 15) is 4.79 Å². The molecule has 2 rings (SSSR count). The number of hydrogen-bond donors (Lipinski definition) is 4. The van der Waals surface area contributed by atoms with E-state index in [0.717, 1.165) is 11.1 Å². The first-order valence-corrected chi connectivity index (χ1v) is 5.69. The number of nitrogens with two attached hydrogens (primary N) is 2. The highest BCUT2D eigenvalue weighted by Gasteiger charge is 2.13. The van der Waals surface area contributed by atoms with Crippen LogP contribution in [-0.2, 0) is 0 Å². The first-order chi connectivity index (χ1) is 9.09. The maximum Gasteiger partial charge on any atom is 0.316 e. The zero-order chi connectivity index (χ0) is 13.8. The molecule has 0 aliphatic carbocycles. The van der Waals surface area contributed by atoms with Crippen LogP contribution in [0.3, 0.4) is 0 Å². The van der Waals surface area contributed by atoms with E-state index in [1.165, 1.54) is 0 Å². The lowest BCUT2D eigenvalue weighted by Gasteiger charge is -2.14. The van der Waals surface area contributed by atoms with E-state index in [1.807, 2.05) is 36.4 Å². The number of hydrogen-bond acceptors (Lipinski definition) is 2. The Bertz CT molecular complexity index is 623. The van der Waals surface area contributed by atoms with Gasteiger partial charge in [0.25, 0.3) is 0 Å².